The van der Waals surface area contributed by atoms with Gasteiger partial charge in [-0.2, -0.15) is 0 Å². The molecule has 120 valence electrons. The number of carbonyl (C=O) groups excluding carboxylic acids is 1. The minimum atomic E-state index is -0.0515. The van der Waals surface area contributed by atoms with Gasteiger partial charge in [-0.05, 0) is 18.8 Å². The van der Waals surface area contributed by atoms with Crippen LogP contribution < -0.4 is 11.1 Å². The van der Waals surface area contributed by atoms with E-state index < -0.39 is 0 Å². The summed E-state index contributed by atoms with van der Waals surface area (Å²) in [6.07, 6.45) is 5.70. The Bertz CT molecular complexity index is 365. The van der Waals surface area contributed by atoms with Gasteiger partial charge in [0, 0.05) is 31.7 Å². The highest BCUT2D eigenvalue weighted by Crippen LogP contribution is 2.17. The number of nitrogens with one attached hydrogen (secondary N) is 1. The number of nitrogens with two attached hydrogens (primary N) is 1. The van der Waals surface area contributed by atoms with Crippen molar-refractivity contribution in [1.29, 1.82) is 0 Å². The average molecular weight is 295 g/mol. The standard InChI is InChI=1S/C16H29N3O2/c1-12(2)9-15(19-5-7-21-8-6-19)11-18-16(20)13-3-4-14(17)10-13/h3-4,12-15H,5-11,17H2,1-2H3,(H,18,20). The van der Waals surface area contributed by atoms with Crippen molar-refractivity contribution in [3.8, 4) is 0 Å². The summed E-state index contributed by atoms with van der Waals surface area (Å²) >= 11 is 0. The second-order valence-corrected chi connectivity index (χ2v) is 6.57. The number of nitrogens with zero attached hydrogens (tertiary/aromatic N) is 1. The van der Waals surface area contributed by atoms with E-state index in [1.54, 1.807) is 0 Å². The Hall–Kier alpha value is -0.910. The van der Waals surface area contributed by atoms with E-state index >= 15 is 0 Å². The molecule has 2 aliphatic rings. The smallest absolute Gasteiger partial charge is 0.227 e. The van der Waals surface area contributed by atoms with Crippen LogP contribution in [0.5, 0.6) is 0 Å². The molecule has 1 amide bonds. The molecule has 3 N–H and O–H groups in total. The number of hydrogen-bond donors (Lipinski definition) is 2. The second kappa shape index (κ2) is 7.92. The zero-order valence-electron chi connectivity index (χ0n) is 13.3. The molecule has 1 aliphatic carbocycles. The van der Waals surface area contributed by atoms with Crippen LogP contribution >= 0.6 is 0 Å². The van der Waals surface area contributed by atoms with Crippen LogP contribution in [0, 0.1) is 11.8 Å². The maximum Gasteiger partial charge on any atom is 0.227 e. The first-order valence-electron chi connectivity index (χ1n) is 8.09. The van der Waals surface area contributed by atoms with Gasteiger partial charge in [0.1, 0.15) is 0 Å². The first-order valence-corrected chi connectivity index (χ1v) is 8.09. The first kappa shape index (κ1) is 16.5. The summed E-state index contributed by atoms with van der Waals surface area (Å²) in [5.41, 5.74) is 5.81. The molecule has 1 aliphatic heterocycles. The van der Waals surface area contributed by atoms with E-state index in [-0.39, 0.29) is 17.9 Å². The zero-order chi connectivity index (χ0) is 15.2. The van der Waals surface area contributed by atoms with Crippen LogP contribution in [0.1, 0.15) is 26.7 Å². The highest BCUT2D eigenvalue weighted by Gasteiger charge is 2.26. The summed E-state index contributed by atoms with van der Waals surface area (Å²) in [6, 6.07) is 0.434. The predicted octanol–water partition coefficient (Wildman–Crippen LogP) is 0.753. The van der Waals surface area contributed by atoms with E-state index in [1.807, 2.05) is 12.2 Å². The number of amides is 1. The van der Waals surface area contributed by atoms with Gasteiger partial charge in [0.25, 0.3) is 0 Å². The highest BCUT2D eigenvalue weighted by atomic mass is 16.5. The normalized spacial score (nSPS) is 28.0. The van der Waals surface area contributed by atoms with Gasteiger partial charge in [-0.3, -0.25) is 9.69 Å². The lowest BCUT2D eigenvalue weighted by Crippen LogP contribution is -2.49. The third kappa shape index (κ3) is 5.09. The quantitative estimate of drug-likeness (QED) is 0.710. The van der Waals surface area contributed by atoms with Crippen molar-refractivity contribution < 1.29 is 9.53 Å². The Morgan fingerprint density at radius 3 is 2.67 bits per heavy atom. The Kier molecular flexibility index (Phi) is 6.21. The molecule has 0 radical (unpaired) electrons. The first-order chi connectivity index (χ1) is 10.1. The summed E-state index contributed by atoms with van der Waals surface area (Å²) < 4.78 is 5.42. The molecular weight excluding hydrogens is 266 g/mol. The monoisotopic (exact) mass is 295 g/mol. The molecule has 3 atom stereocenters. The summed E-state index contributed by atoms with van der Waals surface area (Å²) in [7, 11) is 0. The predicted molar refractivity (Wildman–Crippen MR) is 83.9 cm³/mol. The van der Waals surface area contributed by atoms with Crippen molar-refractivity contribution in [2.75, 3.05) is 32.8 Å². The van der Waals surface area contributed by atoms with E-state index in [0.717, 1.165) is 45.7 Å². The van der Waals surface area contributed by atoms with Crippen molar-refractivity contribution in [3.05, 3.63) is 12.2 Å². The van der Waals surface area contributed by atoms with E-state index in [2.05, 4.69) is 24.1 Å². The highest BCUT2D eigenvalue weighted by molar-refractivity contribution is 5.81. The van der Waals surface area contributed by atoms with E-state index in [4.69, 9.17) is 10.5 Å². The fraction of sp³-hybridized carbons (Fsp3) is 0.812. The fourth-order valence-corrected chi connectivity index (χ4v) is 3.12. The largest absolute Gasteiger partial charge is 0.379 e. The van der Waals surface area contributed by atoms with Crippen LogP contribution in [0.4, 0.5) is 0 Å². The van der Waals surface area contributed by atoms with Crippen molar-refractivity contribution in [3.63, 3.8) is 0 Å². The number of hydrogen-bond acceptors (Lipinski definition) is 4. The topological polar surface area (TPSA) is 67.6 Å². The number of morpholine rings is 1. The van der Waals surface area contributed by atoms with Crippen LogP contribution in [0.25, 0.3) is 0 Å². The van der Waals surface area contributed by atoms with E-state index in [1.165, 1.54) is 0 Å². The second-order valence-electron chi connectivity index (χ2n) is 6.57. The number of ether oxygens (including phenoxy) is 1. The van der Waals surface area contributed by atoms with Gasteiger partial charge in [0.15, 0.2) is 0 Å². The van der Waals surface area contributed by atoms with Gasteiger partial charge in [-0.1, -0.05) is 26.0 Å². The lowest BCUT2D eigenvalue weighted by Gasteiger charge is -2.35. The number of carbonyl (C=O) groups is 1. The molecule has 3 unspecified atom stereocenters. The van der Waals surface area contributed by atoms with Crippen LogP contribution in [0.2, 0.25) is 0 Å². The molecule has 5 heteroatoms. The fourth-order valence-electron chi connectivity index (χ4n) is 3.12. The van der Waals surface area contributed by atoms with Crippen molar-refractivity contribution in [2.45, 2.75) is 38.8 Å². The van der Waals surface area contributed by atoms with Crippen molar-refractivity contribution in [1.82, 2.24) is 10.2 Å². The molecule has 0 aromatic heterocycles. The molecule has 1 heterocycles. The van der Waals surface area contributed by atoms with Gasteiger partial charge in [0.05, 0.1) is 19.1 Å². The summed E-state index contributed by atoms with van der Waals surface area (Å²) in [5.74, 6) is 0.681. The lowest BCUT2D eigenvalue weighted by atomic mass is 10.0. The molecule has 21 heavy (non-hydrogen) atoms. The summed E-state index contributed by atoms with van der Waals surface area (Å²) in [4.78, 5) is 14.6. The van der Waals surface area contributed by atoms with Crippen LogP contribution in [0.3, 0.4) is 0 Å². The molecule has 0 aromatic rings. The maximum atomic E-state index is 12.2. The Labute approximate surface area is 127 Å². The molecule has 0 bridgehead atoms. The summed E-state index contributed by atoms with van der Waals surface area (Å²) in [6.45, 7) is 8.69. The molecule has 0 saturated carbocycles. The average Bonchev–Trinajstić information content (AvgIpc) is 2.90. The molecule has 1 fully saturated rings. The van der Waals surface area contributed by atoms with Gasteiger partial charge in [-0.25, -0.2) is 0 Å². The van der Waals surface area contributed by atoms with E-state index in [9.17, 15) is 4.79 Å². The lowest BCUT2D eigenvalue weighted by molar-refractivity contribution is -0.124. The van der Waals surface area contributed by atoms with Crippen LogP contribution in [-0.4, -0.2) is 55.7 Å². The van der Waals surface area contributed by atoms with Gasteiger partial charge in [-0.15, -0.1) is 0 Å². The molecule has 1 saturated heterocycles. The molecule has 2 rings (SSSR count). The summed E-state index contributed by atoms with van der Waals surface area (Å²) in [5, 5.41) is 3.12. The Balaban J connectivity index is 1.83. The molecular formula is C16H29N3O2. The van der Waals surface area contributed by atoms with Crippen LogP contribution in [0.15, 0.2) is 12.2 Å². The zero-order valence-corrected chi connectivity index (χ0v) is 13.3. The number of rotatable bonds is 6. The van der Waals surface area contributed by atoms with Gasteiger partial charge in [0.2, 0.25) is 5.91 Å². The Morgan fingerprint density at radius 2 is 2.10 bits per heavy atom. The van der Waals surface area contributed by atoms with Gasteiger partial charge >= 0.3 is 0 Å². The molecule has 0 aromatic carbocycles. The van der Waals surface area contributed by atoms with Crippen LogP contribution in [-0.2, 0) is 9.53 Å². The molecule has 0 spiro atoms. The van der Waals surface area contributed by atoms with Gasteiger partial charge < -0.3 is 15.8 Å². The minimum absolute atomic E-state index is 0.0338. The van der Waals surface area contributed by atoms with E-state index in [0.29, 0.717) is 12.0 Å². The minimum Gasteiger partial charge on any atom is -0.379 e. The molecule has 5 nitrogen and oxygen atoms in total. The Morgan fingerprint density at radius 1 is 1.38 bits per heavy atom. The maximum absolute atomic E-state index is 12.2. The van der Waals surface area contributed by atoms with Crippen molar-refractivity contribution >= 4 is 5.91 Å². The third-order valence-electron chi connectivity index (χ3n) is 4.27. The van der Waals surface area contributed by atoms with Crippen molar-refractivity contribution in [2.24, 2.45) is 17.6 Å². The SMILES string of the molecule is CC(C)CC(CNC(=O)C1C=CC(N)C1)N1CCOCC1. The third-order valence-corrected chi connectivity index (χ3v) is 4.27.